The third-order valence-electron chi connectivity index (χ3n) is 5.41. The van der Waals surface area contributed by atoms with Gasteiger partial charge in [0.25, 0.3) is 0 Å². The second-order valence-electron chi connectivity index (χ2n) is 7.43. The van der Waals surface area contributed by atoms with E-state index in [0.29, 0.717) is 6.42 Å². The van der Waals surface area contributed by atoms with E-state index in [9.17, 15) is 4.79 Å². The zero-order chi connectivity index (χ0) is 18.5. The third kappa shape index (κ3) is 4.85. The minimum Gasteiger partial charge on any atom is -0.326 e. The summed E-state index contributed by atoms with van der Waals surface area (Å²) in [5.41, 5.74) is 4.83. The Balaban J connectivity index is 1.25. The van der Waals surface area contributed by atoms with E-state index in [2.05, 4.69) is 69.7 Å². The molecule has 2 aromatic carbocycles. The summed E-state index contributed by atoms with van der Waals surface area (Å²) >= 11 is 0. The van der Waals surface area contributed by atoms with Crippen LogP contribution in [0, 0.1) is 0 Å². The van der Waals surface area contributed by atoms with Gasteiger partial charge >= 0.3 is 0 Å². The Labute approximate surface area is 161 Å². The van der Waals surface area contributed by atoms with Crippen molar-refractivity contribution in [3.8, 4) is 0 Å². The number of nitrogens with zero attached hydrogens (tertiary/aromatic N) is 2. The highest BCUT2D eigenvalue weighted by atomic mass is 16.1. The van der Waals surface area contributed by atoms with E-state index in [1.165, 1.54) is 16.7 Å². The van der Waals surface area contributed by atoms with E-state index < -0.39 is 0 Å². The lowest BCUT2D eigenvalue weighted by Gasteiger charge is -2.34. The molecule has 0 saturated carbocycles. The lowest BCUT2D eigenvalue weighted by atomic mass is 10.0. The molecule has 4 nitrogen and oxygen atoms in total. The van der Waals surface area contributed by atoms with Gasteiger partial charge in [-0.1, -0.05) is 48.6 Å². The normalized spacial score (nSPS) is 18.4. The van der Waals surface area contributed by atoms with Gasteiger partial charge in [-0.2, -0.15) is 0 Å². The van der Waals surface area contributed by atoms with Crippen LogP contribution in [0.4, 0.5) is 5.69 Å². The molecule has 4 rings (SSSR count). The first kappa shape index (κ1) is 18.0. The van der Waals surface area contributed by atoms with E-state index in [1.54, 1.807) is 0 Å². The van der Waals surface area contributed by atoms with Gasteiger partial charge in [-0.3, -0.25) is 14.6 Å². The van der Waals surface area contributed by atoms with Crippen LogP contribution in [0.3, 0.4) is 0 Å². The monoisotopic (exact) mass is 361 g/mol. The van der Waals surface area contributed by atoms with E-state index in [0.717, 1.165) is 51.4 Å². The summed E-state index contributed by atoms with van der Waals surface area (Å²) in [6.45, 7) is 6.53. The molecular formula is C23H27N3O. The molecule has 2 aromatic rings. The number of nitrogens with one attached hydrogen (secondary N) is 1. The molecule has 2 aliphatic rings. The zero-order valence-corrected chi connectivity index (χ0v) is 15.7. The SMILES string of the molecule is O=C1CCc2cc(C=CCN3CCN(Cc4ccccc4)CC3)ccc2N1. The standard InChI is InChI=1S/C23H27N3O/c27-23-11-9-21-17-19(8-10-22(21)24-23)7-4-12-25-13-15-26(16-14-25)18-20-5-2-1-3-6-20/h1-8,10,17H,9,11-16,18H2,(H,24,27). The van der Waals surface area contributed by atoms with Crippen LogP contribution in [0.5, 0.6) is 0 Å². The van der Waals surface area contributed by atoms with Gasteiger partial charge in [0.05, 0.1) is 0 Å². The van der Waals surface area contributed by atoms with Gasteiger partial charge in [0, 0.05) is 51.4 Å². The maximum absolute atomic E-state index is 11.4. The summed E-state index contributed by atoms with van der Waals surface area (Å²) in [6.07, 6.45) is 5.89. The molecule has 0 bridgehead atoms. The number of benzene rings is 2. The van der Waals surface area contributed by atoms with E-state index >= 15 is 0 Å². The van der Waals surface area contributed by atoms with Crippen molar-refractivity contribution in [1.82, 2.24) is 9.80 Å². The molecule has 2 aliphatic heterocycles. The number of piperazine rings is 1. The van der Waals surface area contributed by atoms with Gasteiger partial charge in [-0.05, 0) is 35.2 Å². The first-order chi connectivity index (χ1) is 13.3. The molecule has 2 heterocycles. The topological polar surface area (TPSA) is 35.6 Å². The molecule has 27 heavy (non-hydrogen) atoms. The molecule has 1 fully saturated rings. The Bertz CT molecular complexity index is 808. The summed E-state index contributed by atoms with van der Waals surface area (Å²) in [7, 11) is 0. The summed E-state index contributed by atoms with van der Waals surface area (Å²) in [6, 6.07) is 17.0. The Morgan fingerprint density at radius 1 is 0.926 bits per heavy atom. The minimum atomic E-state index is 0.122. The molecule has 0 spiro atoms. The number of fused-ring (bicyclic) bond motifs is 1. The van der Waals surface area contributed by atoms with Crippen LogP contribution in [-0.2, 0) is 17.8 Å². The number of carbonyl (C=O) groups excluding carboxylic acids is 1. The number of amides is 1. The van der Waals surface area contributed by atoms with Crippen LogP contribution in [0.1, 0.15) is 23.1 Å². The quantitative estimate of drug-likeness (QED) is 0.887. The van der Waals surface area contributed by atoms with Crippen LogP contribution >= 0.6 is 0 Å². The van der Waals surface area contributed by atoms with Crippen LogP contribution in [0.2, 0.25) is 0 Å². The van der Waals surface area contributed by atoms with Crippen LogP contribution in [0.25, 0.3) is 6.08 Å². The third-order valence-corrected chi connectivity index (χ3v) is 5.41. The van der Waals surface area contributed by atoms with E-state index in [4.69, 9.17) is 0 Å². The van der Waals surface area contributed by atoms with Crippen molar-refractivity contribution in [2.75, 3.05) is 38.0 Å². The van der Waals surface area contributed by atoms with Crippen molar-refractivity contribution >= 4 is 17.7 Å². The van der Waals surface area contributed by atoms with Gasteiger partial charge in [-0.15, -0.1) is 0 Å². The van der Waals surface area contributed by atoms with Crippen molar-refractivity contribution in [3.05, 3.63) is 71.3 Å². The van der Waals surface area contributed by atoms with E-state index in [-0.39, 0.29) is 5.91 Å². The fraction of sp³-hybridized carbons (Fsp3) is 0.348. The fourth-order valence-corrected chi connectivity index (χ4v) is 3.82. The van der Waals surface area contributed by atoms with E-state index in [1.807, 2.05) is 6.07 Å². The molecular weight excluding hydrogens is 334 g/mol. The molecule has 0 aromatic heterocycles. The molecule has 1 N–H and O–H groups in total. The van der Waals surface area contributed by atoms with Crippen molar-refractivity contribution < 1.29 is 4.79 Å². The highest BCUT2D eigenvalue weighted by Crippen LogP contribution is 2.24. The predicted octanol–water partition coefficient (Wildman–Crippen LogP) is 3.40. The number of carbonyl (C=O) groups is 1. The van der Waals surface area contributed by atoms with Gasteiger partial charge < -0.3 is 5.32 Å². The first-order valence-corrected chi connectivity index (χ1v) is 9.84. The predicted molar refractivity (Wildman–Crippen MR) is 111 cm³/mol. The summed E-state index contributed by atoms with van der Waals surface area (Å²) in [4.78, 5) is 16.5. The summed E-state index contributed by atoms with van der Waals surface area (Å²) < 4.78 is 0. The molecule has 1 amide bonds. The number of hydrogen-bond donors (Lipinski definition) is 1. The lowest BCUT2D eigenvalue weighted by Crippen LogP contribution is -2.45. The zero-order valence-electron chi connectivity index (χ0n) is 15.7. The maximum Gasteiger partial charge on any atom is 0.224 e. The van der Waals surface area contributed by atoms with Gasteiger partial charge in [-0.25, -0.2) is 0 Å². The van der Waals surface area contributed by atoms with Crippen molar-refractivity contribution in [3.63, 3.8) is 0 Å². The molecule has 1 saturated heterocycles. The Morgan fingerprint density at radius 2 is 1.70 bits per heavy atom. The molecule has 4 heteroatoms. The lowest BCUT2D eigenvalue weighted by molar-refractivity contribution is -0.116. The fourth-order valence-electron chi connectivity index (χ4n) is 3.82. The highest BCUT2D eigenvalue weighted by molar-refractivity contribution is 5.94. The number of aryl methyl sites for hydroxylation is 1. The maximum atomic E-state index is 11.4. The summed E-state index contributed by atoms with van der Waals surface area (Å²) in [5.74, 6) is 0.122. The van der Waals surface area contributed by atoms with Crippen LogP contribution < -0.4 is 5.32 Å². The van der Waals surface area contributed by atoms with Crippen molar-refractivity contribution in [2.24, 2.45) is 0 Å². The van der Waals surface area contributed by atoms with Crippen molar-refractivity contribution in [1.29, 1.82) is 0 Å². The molecule has 0 radical (unpaired) electrons. The summed E-state index contributed by atoms with van der Waals surface area (Å²) in [5, 5.41) is 2.94. The number of hydrogen-bond acceptors (Lipinski definition) is 3. The number of anilines is 1. The van der Waals surface area contributed by atoms with Gasteiger partial charge in [0.1, 0.15) is 0 Å². The Kier molecular flexibility index (Phi) is 5.66. The number of rotatable bonds is 5. The van der Waals surface area contributed by atoms with Gasteiger partial charge in [0.15, 0.2) is 0 Å². The van der Waals surface area contributed by atoms with Crippen LogP contribution in [-0.4, -0.2) is 48.4 Å². The first-order valence-electron chi connectivity index (χ1n) is 9.84. The van der Waals surface area contributed by atoms with Gasteiger partial charge in [0.2, 0.25) is 5.91 Å². The van der Waals surface area contributed by atoms with Crippen LogP contribution in [0.15, 0.2) is 54.6 Å². The van der Waals surface area contributed by atoms with Crippen molar-refractivity contribution in [2.45, 2.75) is 19.4 Å². The second-order valence-corrected chi connectivity index (χ2v) is 7.43. The molecule has 0 atom stereocenters. The average Bonchev–Trinajstić information content (AvgIpc) is 2.70. The molecule has 140 valence electrons. The molecule has 0 aliphatic carbocycles. The largest absolute Gasteiger partial charge is 0.326 e. The second kappa shape index (κ2) is 8.51. The Morgan fingerprint density at radius 3 is 2.52 bits per heavy atom. The molecule has 0 unspecified atom stereocenters. The highest BCUT2D eigenvalue weighted by Gasteiger charge is 2.16. The Hall–Kier alpha value is -2.43. The minimum absolute atomic E-state index is 0.122. The smallest absolute Gasteiger partial charge is 0.224 e. The average molecular weight is 361 g/mol.